The van der Waals surface area contributed by atoms with Gasteiger partial charge in [0.1, 0.15) is 0 Å². The van der Waals surface area contributed by atoms with Crippen molar-refractivity contribution >= 4 is 17.4 Å². The molecule has 0 saturated heterocycles. The number of nitrogens with one attached hydrogen (secondary N) is 2. The second-order valence-corrected chi connectivity index (χ2v) is 5.77. The first kappa shape index (κ1) is 16.3. The van der Waals surface area contributed by atoms with Crippen molar-refractivity contribution in [2.45, 2.75) is 19.0 Å². The SMILES string of the molecule is CSCCC(CNO)NCc1ccc(N(C)C)cc1. The van der Waals surface area contributed by atoms with Gasteiger partial charge in [-0.25, -0.2) is 5.48 Å². The van der Waals surface area contributed by atoms with E-state index in [-0.39, 0.29) is 0 Å². The zero-order chi connectivity index (χ0) is 14.1. The first-order valence-corrected chi connectivity index (χ1v) is 7.92. The van der Waals surface area contributed by atoms with Crippen molar-refractivity contribution in [3.05, 3.63) is 29.8 Å². The molecular weight excluding hydrogens is 258 g/mol. The van der Waals surface area contributed by atoms with Crippen LogP contribution in [0.3, 0.4) is 0 Å². The van der Waals surface area contributed by atoms with Crippen molar-refractivity contribution in [3.63, 3.8) is 0 Å². The topological polar surface area (TPSA) is 47.5 Å². The van der Waals surface area contributed by atoms with Gasteiger partial charge >= 0.3 is 0 Å². The highest BCUT2D eigenvalue weighted by molar-refractivity contribution is 7.98. The molecule has 0 aliphatic rings. The van der Waals surface area contributed by atoms with E-state index in [2.05, 4.69) is 46.2 Å². The first-order valence-electron chi connectivity index (χ1n) is 6.53. The summed E-state index contributed by atoms with van der Waals surface area (Å²) in [6, 6.07) is 8.82. The number of hydrogen-bond acceptors (Lipinski definition) is 5. The molecule has 0 amide bonds. The summed E-state index contributed by atoms with van der Waals surface area (Å²) in [6.07, 6.45) is 3.15. The van der Waals surface area contributed by atoms with Crippen molar-refractivity contribution in [3.8, 4) is 0 Å². The normalized spacial score (nSPS) is 12.4. The number of hydroxylamine groups is 1. The molecule has 19 heavy (non-hydrogen) atoms. The van der Waals surface area contributed by atoms with E-state index in [1.165, 1.54) is 11.3 Å². The highest BCUT2D eigenvalue weighted by Crippen LogP contribution is 2.12. The largest absolute Gasteiger partial charge is 0.378 e. The van der Waals surface area contributed by atoms with Crippen LogP contribution in [-0.2, 0) is 6.54 Å². The molecule has 0 heterocycles. The Morgan fingerprint density at radius 2 is 1.95 bits per heavy atom. The highest BCUT2D eigenvalue weighted by atomic mass is 32.2. The Labute approximate surface area is 120 Å². The zero-order valence-corrected chi connectivity index (χ0v) is 12.8. The Hall–Kier alpha value is -0.750. The molecule has 108 valence electrons. The minimum Gasteiger partial charge on any atom is -0.378 e. The fourth-order valence-electron chi connectivity index (χ4n) is 1.82. The van der Waals surface area contributed by atoms with Gasteiger partial charge in [-0.05, 0) is 36.1 Å². The summed E-state index contributed by atoms with van der Waals surface area (Å²) >= 11 is 1.83. The minimum absolute atomic E-state index is 0.297. The predicted octanol–water partition coefficient (Wildman–Crippen LogP) is 1.94. The van der Waals surface area contributed by atoms with E-state index in [1.54, 1.807) is 0 Å². The molecular formula is C14H25N3OS. The summed E-state index contributed by atoms with van der Waals surface area (Å²) in [5, 5.41) is 12.3. The van der Waals surface area contributed by atoms with Crippen LogP contribution >= 0.6 is 11.8 Å². The van der Waals surface area contributed by atoms with Crippen LogP contribution in [0, 0.1) is 0 Å². The lowest BCUT2D eigenvalue weighted by molar-refractivity contribution is 0.153. The predicted molar refractivity (Wildman–Crippen MR) is 84.2 cm³/mol. The average Bonchev–Trinajstić information content (AvgIpc) is 2.42. The molecule has 0 aromatic heterocycles. The second-order valence-electron chi connectivity index (χ2n) is 4.78. The van der Waals surface area contributed by atoms with Crippen LogP contribution in [0.2, 0.25) is 0 Å². The molecule has 1 aromatic carbocycles. The van der Waals surface area contributed by atoms with E-state index in [4.69, 9.17) is 5.21 Å². The molecule has 0 aliphatic carbocycles. The van der Waals surface area contributed by atoms with Crippen LogP contribution in [0.15, 0.2) is 24.3 Å². The van der Waals surface area contributed by atoms with Crippen molar-refractivity contribution in [2.75, 3.05) is 37.5 Å². The van der Waals surface area contributed by atoms with E-state index >= 15 is 0 Å². The quantitative estimate of drug-likeness (QED) is 0.605. The van der Waals surface area contributed by atoms with Crippen LogP contribution < -0.4 is 15.7 Å². The van der Waals surface area contributed by atoms with Crippen LogP contribution in [-0.4, -0.2) is 43.9 Å². The molecule has 0 aliphatic heterocycles. The standard InChI is InChI=1S/C14H25N3OS/c1-17(2)14-6-4-12(5-7-14)10-15-13(11-16-18)8-9-19-3/h4-7,13,15-16,18H,8-11H2,1-3H3. The molecule has 4 nitrogen and oxygen atoms in total. The number of thioether (sulfide) groups is 1. The van der Waals surface area contributed by atoms with E-state index in [0.717, 1.165) is 18.7 Å². The number of nitrogens with zero attached hydrogens (tertiary/aromatic N) is 1. The van der Waals surface area contributed by atoms with E-state index in [0.29, 0.717) is 12.6 Å². The van der Waals surface area contributed by atoms with Crippen molar-refractivity contribution < 1.29 is 5.21 Å². The fraction of sp³-hybridized carbons (Fsp3) is 0.571. The lowest BCUT2D eigenvalue weighted by atomic mass is 10.1. The Kier molecular flexibility index (Phi) is 7.90. The summed E-state index contributed by atoms with van der Waals surface area (Å²) in [6.45, 7) is 1.41. The van der Waals surface area contributed by atoms with Crippen LogP contribution in [0.4, 0.5) is 5.69 Å². The highest BCUT2D eigenvalue weighted by Gasteiger charge is 2.07. The van der Waals surface area contributed by atoms with Gasteiger partial charge in [0.2, 0.25) is 0 Å². The van der Waals surface area contributed by atoms with Gasteiger partial charge in [0.05, 0.1) is 0 Å². The molecule has 1 atom stereocenters. The molecule has 1 aromatic rings. The Balaban J connectivity index is 2.44. The van der Waals surface area contributed by atoms with Gasteiger partial charge in [-0.15, -0.1) is 0 Å². The molecule has 0 radical (unpaired) electrons. The van der Waals surface area contributed by atoms with Crippen molar-refractivity contribution in [1.29, 1.82) is 0 Å². The third-order valence-electron chi connectivity index (χ3n) is 3.06. The average molecular weight is 283 g/mol. The monoisotopic (exact) mass is 283 g/mol. The van der Waals surface area contributed by atoms with Crippen molar-refractivity contribution in [1.82, 2.24) is 10.8 Å². The van der Waals surface area contributed by atoms with E-state index in [1.807, 2.05) is 25.9 Å². The molecule has 1 rings (SSSR count). The van der Waals surface area contributed by atoms with Crippen LogP contribution in [0.5, 0.6) is 0 Å². The fourth-order valence-corrected chi connectivity index (χ4v) is 2.34. The Morgan fingerprint density at radius 3 is 2.47 bits per heavy atom. The molecule has 1 unspecified atom stereocenters. The van der Waals surface area contributed by atoms with Crippen molar-refractivity contribution in [2.24, 2.45) is 0 Å². The number of anilines is 1. The van der Waals surface area contributed by atoms with Gasteiger partial charge in [-0.1, -0.05) is 12.1 Å². The smallest absolute Gasteiger partial charge is 0.0361 e. The van der Waals surface area contributed by atoms with Gasteiger partial charge in [0.25, 0.3) is 0 Å². The maximum atomic E-state index is 8.83. The van der Waals surface area contributed by atoms with E-state index in [9.17, 15) is 0 Å². The van der Waals surface area contributed by atoms with Crippen LogP contribution in [0.1, 0.15) is 12.0 Å². The maximum absolute atomic E-state index is 8.83. The number of hydrogen-bond donors (Lipinski definition) is 3. The lowest BCUT2D eigenvalue weighted by Gasteiger charge is -2.18. The third kappa shape index (κ3) is 6.29. The minimum atomic E-state index is 0.297. The summed E-state index contributed by atoms with van der Waals surface area (Å²) < 4.78 is 0. The number of rotatable bonds is 9. The maximum Gasteiger partial charge on any atom is 0.0361 e. The first-order chi connectivity index (χ1) is 9.17. The third-order valence-corrected chi connectivity index (χ3v) is 3.70. The van der Waals surface area contributed by atoms with Gasteiger partial charge in [-0.3, -0.25) is 0 Å². The Morgan fingerprint density at radius 1 is 1.26 bits per heavy atom. The van der Waals surface area contributed by atoms with Gasteiger partial charge in [-0.2, -0.15) is 11.8 Å². The van der Waals surface area contributed by atoms with Gasteiger partial charge in [0.15, 0.2) is 0 Å². The summed E-state index contributed by atoms with van der Waals surface area (Å²) in [5.41, 5.74) is 4.73. The molecule has 0 saturated carbocycles. The number of benzene rings is 1. The zero-order valence-electron chi connectivity index (χ0n) is 12.0. The lowest BCUT2D eigenvalue weighted by Crippen LogP contribution is -2.37. The molecule has 5 heteroatoms. The molecule has 0 fully saturated rings. The summed E-state index contributed by atoms with van der Waals surface area (Å²) in [4.78, 5) is 2.09. The summed E-state index contributed by atoms with van der Waals surface area (Å²) in [5.74, 6) is 1.10. The second kappa shape index (κ2) is 9.20. The van der Waals surface area contributed by atoms with Gasteiger partial charge in [0, 0.05) is 38.9 Å². The molecule has 0 bridgehead atoms. The molecule has 3 N–H and O–H groups in total. The van der Waals surface area contributed by atoms with Gasteiger partial charge < -0.3 is 15.4 Å². The van der Waals surface area contributed by atoms with E-state index < -0.39 is 0 Å². The molecule has 0 spiro atoms. The Bertz CT molecular complexity index is 343. The summed E-state index contributed by atoms with van der Waals surface area (Å²) in [7, 11) is 4.08. The van der Waals surface area contributed by atoms with Crippen LogP contribution in [0.25, 0.3) is 0 Å².